The van der Waals surface area contributed by atoms with Crippen molar-refractivity contribution in [1.82, 2.24) is 0 Å². The molecular weight excluding hydrogens is 540 g/mol. The van der Waals surface area contributed by atoms with Gasteiger partial charge in [-0.1, -0.05) is 115 Å². The van der Waals surface area contributed by atoms with Crippen LogP contribution in [0, 0.1) is 34.6 Å². The van der Waals surface area contributed by atoms with Crippen molar-refractivity contribution < 1.29 is 0 Å². The van der Waals surface area contributed by atoms with Crippen LogP contribution in [-0.2, 0) is 0 Å². The number of hydrogen-bond acceptors (Lipinski definition) is 0. The van der Waals surface area contributed by atoms with Crippen molar-refractivity contribution >= 4 is 43.1 Å². The first-order valence-electron chi connectivity index (χ1n) is 16.0. The summed E-state index contributed by atoms with van der Waals surface area (Å²) >= 11 is 0. The zero-order chi connectivity index (χ0) is 30.8. The van der Waals surface area contributed by atoms with Gasteiger partial charge in [0.25, 0.3) is 0 Å². The van der Waals surface area contributed by atoms with Gasteiger partial charge in [-0.15, -0.1) is 0 Å². The van der Waals surface area contributed by atoms with Crippen molar-refractivity contribution in [2.45, 2.75) is 34.6 Å². The van der Waals surface area contributed by atoms with Crippen molar-refractivity contribution in [3.8, 4) is 33.4 Å². The third-order valence-electron chi connectivity index (χ3n) is 10.4. The van der Waals surface area contributed by atoms with Crippen LogP contribution < -0.4 is 0 Å². The fourth-order valence-corrected chi connectivity index (χ4v) is 7.66. The first-order valence-corrected chi connectivity index (χ1v) is 16.0. The van der Waals surface area contributed by atoms with Gasteiger partial charge in [-0.3, -0.25) is 0 Å². The molecule has 8 aromatic rings. The summed E-state index contributed by atoms with van der Waals surface area (Å²) in [6.45, 7) is 11.4. The number of benzene rings is 8. The molecule has 0 saturated carbocycles. The second-order valence-electron chi connectivity index (χ2n) is 12.6. The van der Waals surface area contributed by atoms with Crippen LogP contribution in [0.3, 0.4) is 0 Å². The van der Waals surface area contributed by atoms with Crippen LogP contribution in [0.5, 0.6) is 0 Å². The van der Waals surface area contributed by atoms with Crippen LogP contribution in [0.15, 0.2) is 127 Å². The molecule has 0 radical (unpaired) electrons. The van der Waals surface area contributed by atoms with E-state index >= 15 is 0 Å². The van der Waals surface area contributed by atoms with Crippen LogP contribution in [0.4, 0.5) is 0 Å². The monoisotopic (exact) mass is 576 g/mol. The van der Waals surface area contributed by atoms with Gasteiger partial charge in [-0.2, -0.15) is 0 Å². The fourth-order valence-electron chi connectivity index (χ4n) is 7.66. The summed E-state index contributed by atoms with van der Waals surface area (Å²) in [5, 5.41) is 10.2. The molecule has 0 aromatic heterocycles. The molecule has 45 heavy (non-hydrogen) atoms. The molecule has 0 heteroatoms. The van der Waals surface area contributed by atoms with Crippen molar-refractivity contribution in [2.75, 3.05) is 0 Å². The molecule has 0 spiro atoms. The van der Waals surface area contributed by atoms with Gasteiger partial charge in [-0.25, -0.2) is 0 Å². The highest BCUT2D eigenvalue weighted by molar-refractivity contribution is 6.24. The molecule has 0 unspecified atom stereocenters. The van der Waals surface area contributed by atoms with E-state index in [1.807, 2.05) is 0 Å². The highest BCUT2D eigenvalue weighted by Gasteiger charge is 2.20. The molecule has 0 amide bonds. The van der Waals surface area contributed by atoms with Gasteiger partial charge in [0, 0.05) is 0 Å². The van der Waals surface area contributed by atoms with Crippen LogP contribution in [0.2, 0.25) is 0 Å². The summed E-state index contributed by atoms with van der Waals surface area (Å²) < 4.78 is 0. The Kier molecular flexibility index (Phi) is 6.36. The maximum Gasteiger partial charge on any atom is -0.00199 e. The predicted octanol–water partition coefficient (Wildman–Crippen LogP) is 12.8. The Hall–Kier alpha value is -5.20. The second kappa shape index (κ2) is 10.5. The van der Waals surface area contributed by atoms with E-state index in [4.69, 9.17) is 0 Å². The molecule has 0 aliphatic heterocycles. The van der Waals surface area contributed by atoms with Crippen molar-refractivity contribution in [2.24, 2.45) is 0 Å². The van der Waals surface area contributed by atoms with Crippen molar-refractivity contribution in [3.63, 3.8) is 0 Å². The zero-order valence-corrected chi connectivity index (χ0v) is 26.6. The van der Waals surface area contributed by atoms with E-state index in [0.717, 1.165) is 0 Å². The smallest absolute Gasteiger partial charge is 0.00199 e. The van der Waals surface area contributed by atoms with E-state index in [1.165, 1.54) is 104 Å². The SMILES string of the molecule is Cc1c(C)c(C)c(-c2ccc3c(-c4ccc5ccccc5c4)c4ccccc4c(-c4cccc5ccccc45)c3c2)c(C)c1C. The van der Waals surface area contributed by atoms with Crippen LogP contribution in [0.25, 0.3) is 76.5 Å². The molecule has 8 aromatic carbocycles. The Morgan fingerprint density at radius 2 is 0.800 bits per heavy atom. The van der Waals surface area contributed by atoms with E-state index in [0.29, 0.717) is 0 Å². The Morgan fingerprint density at radius 3 is 1.53 bits per heavy atom. The summed E-state index contributed by atoms with van der Waals surface area (Å²) in [5.41, 5.74) is 14.7. The topological polar surface area (TPSA) is 0 Å². The van der Waals surface area contributed by atoms with Gasteiger partial charge in [0.2, 0.25) is 0 Å². The van der Waals surface area contributed by atoms with Gasteiger partial charge in [0.15, 0.2) is 0 Å². The largest absolute Gasteiger partial charge is 0.0616 e. The van der Waals surface area contributed by atoms with Gasteiger partial charge < -0.3 is 0 Å². The maximum absolute atomic E-state index is 2.48. The Labute approximate surface area is 265 Å². The van der Waals surface area contributed by atoms with E-state index in [1.54, 1.807) is 0 Å². The second-order valence-corrected chi connectivity index (χ2v) is 12.6. The number of fused-ring (bicyclic) bond motifs is 4. The predicted molar refractivity (Wildman–Crippen MR) is 196 cm³/mol. The minimum atomic E-state index is 1.25. The van der Waals surface area contributed by atoms with Crippen LogP contribution in [-0.4, -0.2) is 0 Å². The molecular formula is C45H36. The molecule has 0 nitrogen and oxygen atoms in total. The molecule has 0 heterocycles. The lowest BCUT2D eigenvalue weighted by atomic mass is 9.82. The maximum atomic E-state index is 2.48. The third kappa shape index (κ3) is 4.20. The van der Waals surface area contributed by atoms with Crippen LogP contribution >= 0.6 is 0 Å². The fraction of sp³-hybridized carbons (Fsp3) is 0.111. The average Bonchev–Trinajstić information content (AvgIpc) is 3.08. The number of rotatable bonds is 3. The molecule has 0 fully saturated rings. The quantitative estimate of drug-likeness (QED) is 0.184. The molecule has 0 N–H and O–H groups in total. The van der Waals surface area contributed by atoms with E-state index in [-0.39, 0.29) is 0 Å². The Balaban J connectivity index is 1.56. The summed E-state index contributed by atoms with van der Waals surface area (Å²) in [6.07, 6.45) is 0. The highest BCUT2D eigenvalue weighted by Crippen LogP contribution is 2.47. The van der Waals surface area contributed by atoms with Gasteiger partial charge in [0.05, 0.1) is 0 Å². The Morgan fingerprint density at radius 1 is 0.289 bits per heavy atom. The number of hydrogen-bond donors (Lipinski definition) is 0. The minimum absolute atomic E-state index is 1.25. The van der Waals surface area contributed by atoms with Crippen molar-refractivity contribution in [1.29, 1.82) is 0 Å². The highest BCUT2D eigenvalue weighted by atomic mass is 14.2. The summed E-state index contributed by atoms with van der Waals surface area (Å²) in [4.78, 5) is 0. The van der Waals surface area contributed by atoms with E-state index in [2.05, 4.69) is 162 Å². The van der Waals surface area contributed by atoms with Gasteiger partial charge in [-0.05, 0) is 151 Å². The molecule has 8 rings (SSSR count). The van der Waals surface area contributed by atoms with Crippen molar-refractivity contribution in [3.05, 3.63) is 155 Å². The summed E-state index contributed by atoms with van der Waals surface area (Å²) in [5.74, 6) is 0. The third-order valence-corrected chi connectivity index (χ3v) is 10.4. The molecule has 0 aliphatic carbocycles. The molecule has 0 saturated heterocycles. The average molecular weight is 577 g/mol. The van der Waals surface area contributed by atoms with Gasteiger partial charge in [0.1, 0.15) is 0 Å². The van der Waals surface area contributed by atoms with E-state index < -0.39 is 0 Å². The van der Waals surface area contributed by atoms with Crippen LogP contribution in [0.1, 0.15) is 27.8 Å². The Bertz CT molecular complexity index is 2440. The zero-order valence-electron chi connectivity index (χ0n) is 26.6. The molecule has 0 bridgehead atoms. The standard InChI is InChI=1S/C45H36/c1-27-28(2)30(4)43(31(5)29(27)3)36-23-24-41-42(26-36)45(38-20-12-16-33-14-8-9-17-37(33)38)40-19-11-10-18-39(40)44(41)35-22-21-32-13-6-7-15-34(32)25-35/h6-26H,1-5H3. The lowest BCUT2D eigenvalue weighted by Gasteiger charge is -2.22. The molecule has 0 aliphatic rings. The summed E-state index contributed by atoms with van der Waals surface area (Å²) in [6, 6.07) is 47.4. The van der Waals surface area contributed by atoms with E-state index in [9.17, 15) is 0 Å². The summed E-state index contributed by atoms with van der Waals surface area (Å²) in [7, 11) is 0. The molecule has 0 atom stereocenters. The lowest BCUT2D eigenvalue weighted by Crippen LogP contribution is -2.00. The first-order chi connectivity index (χ1) is 21.9. The normalized spacial score (nSPS) is 11.7. The molecule has 216 valence electrons. The minimum Gasteiger partial charge on any atom is -0.0616 e. The van der Waals surface area contributed by atoms with Gasteiger partial charge >= 0.3 is 0 Å². The first kappa shape index (κ1) is 27.4. The lowest BCUT2D eigenvalue weighted by molar-refractivity contribution is 1.18.